The summed E-state index contributed by atoms with van der Waals surface area (Å²) in [5.41, 5.74) is 1.03. The number of carbonyl (C=O) groups is 1. The molecule has 0 bridgehead atoms. The van der Waals surface area contributed by atoms with Crippen LogP contribution in [0.15, 0.2) is 24.3 Å². The number of hydrogen-bond donors (Lipinski definition) is 0. The topological polar surface area (TPSA) is 44.1 Å². The fraction of sp³-hybridized carbons (Fsp3) is 0.167. The molecule has 0 unspecified atom stereocenters. The minimum atomic E-state index is -0.542. The van der Waals surface area contributed by atoms with Crippen LogP contribution in [0.1, 0.15) is 16.1 Å². The van der Waals surface area contributed by atoms with Crippen LogP contribution in [-0.2, 0) is 7.05 Å². The van der Waals surface area contributed by atoms with Gasteiger partial charge in [-0.05, 0) is 25.1 Å². The van der Waals surface area contributed by atoms with Crippen LogP contribution in [0.3, 0.4) is 0 Å². The van der Waals surface area contributed by atoms with Crippen molar-refractivity contribution in [3.05, 3.63) is 45.6 Å². The molecule has 4 nitrogen and oxygen atoms in total. The molecule has 0 N–H and O–H groups in total. The highest BCUT2D eigenvalue weighted by atomic mass is 35.5. The van der Waals surface area contributed by atoms with Gasteiger partial charge >= 0.3 is 5.97 Å². The molecule has 0 saturated carbocycles. The van der Waals surface area contributed by atoms with Crippen molar-refractivity contribution in [3.63, 3.8) is 0 Å². The van der Waals surface area contributed by atoms with Gasteiger partial charge in [0.15, 0.2) is 0 Å². The lowest BCUT2D eigenvalue weighted by Gasteiger charge is -2.05. The fourth-order valence-electron chi connectivity index (χ4n) is 1.49. The SMILES string of the molecule is Cc1cc(OC(=O)c2ccc(Cl)cc2Cl)n(C)n1. The third-order valence-electron chi connectivity index (χ3n) is 2.31. The van der Waals surface area contributed by atoms with Gasteiger partial charge in [-0.2, -0.15) is 5.10 Å². The second-order valence-corrected chi connectivity index (χ2v) is 4.60. The summed E-state index contributed by atoms with van der Waals surface area (Å²) >= 11 is 11.7. The number of aromatic nitrogens is 2. The Morgan fingerprint density at radius 1 is 1.33 bits per heavy atom. The standard InChI is InChI=1S/C12H10Cl2N2O2/c1-7-5-11(16(2)15-7)18-12(17)9-4-3-8(13)6-10(9)14/h3-6H,1-2H3. The predicted molar refractivity (Wildman–Crippen MR) is 69.4 cm³/mol. The van der Waals surface area contributed by atoms with Crippen LogP contribution in [0, 0.1) is 6.92 Å². The third-order valence-corrected chi connectivity index (χ3v) is 2.86. The number of esters is 1. The van der Waals surface area contributed by atoms with Gasteiger partial charge in [0.05, 0.1) is 16.3 Å². The number of benzene rings is 1. The van der Waals surface area contributed by atoms with Gasteiger partial charge in [-0.25, -0.2) is 9.48 Å². The second-order valence-electron chi connectivity index (χ2n) is 3.76. The first kappa shape index (κ1) is 12.9. The molecular formula is C12H10Cl2N2O2. The normalized spacial score (nSPS) is 10.4. The van der Waals surface area contributed by atoms with Gasteiger partial charge in [-0.3, -0.25) is 0 Å². The van der Waals surface area contributed by atoms with Gasteiger partial charge < -0.3 is 4.74 Å². The zero-order valence-corrected chi connectivity index (χ0v) is 11.3. The molecule has 0 spiro atoms. The van der Waals surface area contributed by atoms with E-state index in [-0.39, 0.29) is 10.6 Å². The molecule has 0 aliphatic heterocycles. The van der Waals surface area contributed by atoms with Crippen molar-refractivity contribution in [2.24, 2.45) is 7.05 Å². The Labute approximate surface area is 114 Å². The van der Waals surface area contributed by atoms with Gasteiger partial charge in [0, 0.05) is 18.1 Å². The average molecular weight is 285 g/mol. The molecular weight excluding hydrogens is 275 g/mol. The monoisotopic (exact) mass is 284 g/mol. The van der Waals surface area contributed by atoms with E-state index < -0.39 is 5.97 Å². The van der Waals surface area contributed by atoms with Crippen molar-refractivity contribution in [2.45, 2.75) is 6.92 Å². The third kappa shape index (κ3) is 2.66. The van der Waals surface area contributed by atoms with Crippen LogP contribution in [0.2, 0.25) is 10.0 Å². The summed E-state index contributed by atoms with van der Waals surface area (Å²) in [6.07, 6.45) is 0. The van der Waals surface area contributed by atoms with Crippen LogP contribution in [0.4, 0.5) is 0 Å². The van der Waals surface area contributed by atoms with E-state index >= 15 is 0 Å². The Hall–Kier alpha value is -1.52. The number of carbonyl (C=O) groups excluding carboxylic acids is 1. The molecule has 1 aromatic carbocycles. The molecule has 1 aromatic heterocycles. The van der Waals surface area contributed by atoms with E-state index in [0.29, 0.717) is 10.9 Å². The Bertz CT molecular complexity index is 608. The minimum Gasteiger partial charge on any atom is -0.404 e. The Kier molecular flexibility index (Phi) is 3.59. The highest BCUT2D eigenvalue weighted by Crippen LogP contribution is 2.22. The summed E-state index contributed by atoms with van der Waals surface area (Å²) in [7, 11) is 1.69. The predicted octanol–water partition coefficient (Wildman–Crippen LogP) is 3.25. The molecule has 0 amide bonds. The van der Waals surface area contributed by atoms with E-state index in [1.807, 2.05) is 6.92 Å². The molecule has 0 fully saturated rings. The minimum absolute atomic E-state index is 0.256. The number of rotatable bonds is 2. The highest BCUT2D eigenvalue weighted by Gasteiger charge is 2.15. The van der Waals surface area contributed by atoms with Crippen molar-refractivity contribution in [2.75, 3.05) is 0 Å². The zero-order valence-electron chi connectivity index (χ0n) is 9.78. The lowest BCUT2D eigenvalue weighted by atomic mass is 10.2. The van der Waals surface area contributed by atoms with Crippen LogP contribution in [0.25, 0.3) is 0 Å². The number of halogens is 2. The molecule has 18 heavy (non-hydrogen) atoms. The lowest BCUT2D eigenvalue weighted by molar-refractivity contribution is 0.0720. The number of ether oxygens (including phenoxy) is 1. The summed E-state index contributed by atoms with van der Waals surface area (Å²) in [6.45, 7) is 1.81. The summed E-state index contributed by atoms with van der Waals surface area (Å²) in [5, 5.41) is 4.80. The number of aryl methyl sites for hydroxylation is 2. The Morgan fingerprint density at radius 2 is 2.06 bits per heavy atom. The van der Waals surface area contributed by atoms with Crippen molar-refractivity contribution in [3.8, 4) is 5.88 Å². The van der Waals surface area contributed by atoms with Crippen molar-refractivity contribution >= 4 is 29.2 Å². The molecule has 2 aromatic rings. The van der Waals surface area contributed by atoms with Crippen molar-refractivity contribution < 1.29 is 9.53 Å². The maximum Gasteiger partial charge on any atom is 0.346 e. The molecule has 0 aliphatic carbocycles. The number of nitrogens with zero attached hydrogens (tertiary/aromatic N) is 2. The van der Waals surface area contributed by atoms with Crippen LogP contribution < -0.4 is 4.74 Å². The van der Waals surface area contributed by atoms with E-state index in [4.69, 9.17) is 27.9 Å². The molecule has 6 heteroatoms. The van der Waals surface area contributed by atoms with E-state index in [1.165, 1.54) is 16.8 Å². The average Bonchev–Trinajstić information content (AvgIpc) is 2.57. The Morgan fingerprint density at radius 3 is 2.61 bits per heavy atom. The first-order chi connectivity index (χ1) is 8.47. The molecule has 0 radical (unpaired) electrons. The number of hydrogen-bond acceptors (Lipinski definition) is 3. The molecule has 1 heterocycles. The molecule has 2 rings (SSSR count). The maximum absolute atomic E-state index is 11.9. The van der Waals surface area contributed by atoms with E-state index in [0.717, 1.165) is 5.69 Å². The van der Waals surface area contributed by atoms with Crippen LogP contribution in [-0.4, -0.2) is 15.7 Å². The second kappa shape index (κ2) is 5.00. The zero-order chi connectivity index (χ0) is 13.3. The maximum atomic E-state index is 11.9. The molecule has 0 aliphatic rings. The highest BCUT2D eigenvalue weighted by molar-refractivity contribution is 6.36. The van der Waals surface area contributed by atoms with Gasteiger partial charge in [-0.1, -0.05) is 23.2 Å². The van der Waals surface area contributed by atoms with Gasteiger partial charge in [0.1, 0.15) is 0 Å². The smallest absolute Gasteiger partial charge is 0.346 e. The van der Waals surface area contributed by atoms with Crippen LogP contribution in [0.5, 0.6) is 5.88 Å². The quantitative estimate of drug-likeness (QED) is 0.795. The summed E-state index contributed by atoms with van der Waals surface area (Å²) in [5.74, 6) is -0.178. The summed E-state index contributed by atoms with van der Waals surface area (Å²) in [4.78, 5) is 11.9. The van der Waals surface area contributed by atoms with Crippen molar-refractivity contribution in [1.82, 2.24) is 9.78 Å². The van der Waals surface area contributed by atoms with Gasteiger partial charge in [-0.15, -0.1) is 0 Å². The molecule has 0 atom stereocenters. The van der Waals surface area contributed by atoms with E-state index in [9.17, 15) is 4.79 Å². The first-order valence-electron chi connectivity index (χ1n) is 5.15. The van der Waals surface area contributed by atoms with E-state index in [2.05, 4.69) is 5.10 Å². The summed E-state index contributed by atoms with van der Waals surface area (Å²) in [6, 6.07) is 6.27. The van der Waals surface area contributed by atoms with Gasteiger partial charge in [0.25, 0.3) is 0 Å². The van der Waals surface area contributed by atoms with Gasteiger partial charge in [0.2, 0.25) is 5.88 Å². The lowest BCUT2D eigenvalue weighted by Crippen LogP contribution is -2.11. The first-order valence-corrected chi connectivity index (χ1v) is 5.91. The summed E-state index contributed by atoms with van der Waals surface area (Å²) < 4.78 is 6.69. The molecule has 0 saturated heterocycles. The van der Waals surface area contributed by atoms with Crippen molar-refractivity contribution in [1.29, 1.82) is 0 Å². The Balaban J connectivity index is 2.24. The fourth-order valence-corrected chi connectivity index (χ4v) is 1.97. The largest absolute Gasteiger partial charge is 0.404 e. The van der Waals surface area contributed by atoms with Crippen LogP contribution >= 0.6 is 23.2 Å². The molecule has 94 valence electrons. The van der Waals surface area contributed by atoms with E-state index in [1.54, 1.807) is 19.2 Å².